The van der Waals surface area contributed by atoms with E-state index in [1.807, 2.05) is 34.9 Å². The Kier molecular flexibility index (Phi) is 5.76. The van der Waals surface area contributed by atoms with Crippen molar-refractivity contribution in [3.8, 4) is 28.6 Å². The zero-order chi connectivity index (χ0) is 23.9. The van der Waals surface area contributed by atoms with Crippen molar-refractivity contribution in [2.75, 3.05) is 13.4 Å². The summed E-state index contributed by atoms with van der Waals surface area (Å²) in [5.41, 5.74) is 1.99. The van der Waals surface area contributed by atoms with E-state index < -0.39 is 9.84 Å². The van der Waals surface area contributed by atoms with Crippen molar-refractivity contribution in [2.45, 2.75) is 14.4 Å². The van der Waals surface area contributed by atoms with Crippen LogP contribution in [0.25, 0.3) is 27.3 Å². The second-order valence-corrected chi connectivity index (χ2v) is 11.6. The molecular formula is C23H18N4O4S3. The lowest BCUT2D eigenvalue weighted by atomic mass is 10.1. The Balaban J connectivity index is 1.62. The normalized spacial score (nSPS) is 11.7. The maximum atomic E-state index is 11.9. The molecule has 0 atom stereocenters. The Bertz CT molecular complexity index is 1610. The van der Waals surface area contributed by atoms with Crippen molar-refractivity contribution >= 4 is 43.2 Å². The van der Waals surface area contributed by atoms with Crippen molar-refractivity contribution in [1.29, 1.82) is 0 Å². The molecule has 1 N–H and O–H groups in total. The van der Waals surface area contributed by atoms with Crippen molar-refractivity contribution in [1.82, 2.24) is 19.7 Å². The highest BCUT2D eigenvalue weighted by molar-refractivity contribution is 8.01. The first-order valence-electron chi connectivity index (χ1n) is 10.0. The fourth-order valence-corrected chi connectivity index (χ4v) is 6.16. The van der Waals surface area contributed by atoms with Crippen LogP contribution in [0.3, 0.4) is 0 Å². The minimum absolute atomic E-state index is 0.0511. The summed E-state index contributed by atoms with van der Waals surface area (Å²) in [4.78, 5) is 4.88. The number of benzene rings is 3. The average molecular weight is 511 g/mol. The fourth-order valence-electron chi connectivity index (χ4n) is 3.38. The number of sulfone groups is 1. The molecule has 0 fully saturated rings. The first kappa shape index (κ1) is 22.4. The van der Waals surface area contributed by atoms with Crippen molar-refractivity contribution in [2.24, 2.45) is 0 Å². The molecule has 3 aromatic carbocycles. The number of nitrogens with zero attached hydrogens (tertiary/aromatic N) is 4. The van der Waals surface area contributed by atoms with Crippen LogP contribution in [0.1, 0.15) is 0 Å². The van der Waals surface area contributed by atoms with Gasteiger partial charge in [-0.15, -0.1) is 21.5 Å². The molecule has 0 spiro atoms. The van der Waals surface area contributed by atoms with E-state index in [2.05, 4.69) is 15.2 Å². The van der Waals surface area contributed by atoms with E-state index in [1.165, 1.54) is 29.4 Å². The van der Waals surface area contributed by atoms with E-state index in [0.29, 0.717) is 32.2 Å². The van der Waals surface area contributed by atoms with Crippen LogP contribution in [0.4, 0.5) is 0 Å². The Morgan fingerprint density at radius 1 is 1.03 bits per heavy atom. The molecule has 0 bridgehead atoms. The van der Waals surface area contributed by atoms with Gasteiger partial charge in [0.05, 0.1) is 27.8 Å². The topological polar surface area (TPSA) is 107 Å². The molecule has 34 heavy (non-hydrogen) atoms. The number of aromatic hydroxyl groups is 1. The van der Waals surface area contributed by atoms with Gasteiger partial charge in [-0.3, -0.25) is 4.57 Å². The lowest BCUT2D eigenvalue weighted by Gasteiger charge is -2.11. The minimum atomic E-state index is -3.31. The molecule has 0 aliphatic carbocycles. The summed E-state index contributed by atoms with van der Waals surface area (Å²) >= 11 is 2.69. The Morgan fingerprint density at radius 3 is 2.56 bits per heavy atom. The van der Waals surface area contributed by atoms with Gasteiger partial charge in [0.1, 0.15) is 11.5 Å². The number of hydrogen-bond acceptors (Lipinski definition) is 9. The third-order valence-electron chi connectivity index (χ3n) is 5.04. The van der Waals surface area contributed by atoms with Gasteiger partial charge >= 0.3 is 0 Å². The van der Waals surface area contributed by atoms with Crippen LogP contribution < -0.4 is 4.74 Å². The summed E-state index contributed by atoms with van der Waals surface area (Å²) < 4.78 is 32.4. The van der Waals surface area contributed by atoms with Gasteiger partial charge in [0.25, 0.3) is 0 Å². The van der Waals surface area contributed by atoms with E-state index in [1.54, 1.807) is 43.5 Å². The van der Waals surface area contributed by atoms with Gasteiger partial charge in [-0.1, -0.05) is 18.2 Å². The molecular weight excluding hydrogens is 492 g/mol. The number of phenolic OH excluding ortho intramolecular Hbond substituents is 1. The maximum absolute atomic E-state index is 11.9. The molecule has 2 heterocycles. The van der Waals surface area contributed by atoms with Crippen LogP contribution in [-0.2, 0) is 9.84 Å². The SMILES string of the molecule is COc1ccc(O)c(-c2nnc(Sc3nc4ccc(S(C)(=O)=O)cc4s3)n2-c2ccccc2)c1. The van der Waals surface area contributed by atoms with E-state index in [9.17, 15) is 13.5 Å². The Hall–Kier alpha value is -3.41. The highest BCUT2D eigenvalue weighted by Gasteiger charge is 2.21. The van der Waals surface area contributed by atoms with Gasteiger partial charge in [0.15, 0.2) is 20.0 Å². The molecule has 172 valence electrons. The van der Waals surface area contributed by atoms with Crippen molar-refractivity contribution in [3.63, 3.8) is 0 Å². The van der Waals surface area contributed by atoms with Crippen LogP contribution in [0.15, 0.2) is 81.1 Å². The maximum Gasteiger partial charge on any atom is 0.203 e. The number of fused-ring (bicyclic) bond motifs is 1. The van der Waals surface area contributed by atoms with Gasteiger partial charge in [-0.2, -0.15) is 0 Å². The van der Waals surface area contributed by atoms with Gasteiger partial charge < -0.3 is 9.84 Å². The molecule has 5 rings (SSSR count). The number of para-hydroxylation sites is 1. The van der Waals surface area contributed by atoms with Gasteiger partial charge in [0.2, 0.25) is 5.16 Å². The third-order valence-corrected chi connectivity index (χ3v) is 8.18. The molecule has 0 aliphatic rings. The largest absolute Gasteiger partial charge is 0.507 e. The molecule has 11 heteroatoms. The lowest BCUT2D eigenvalue weighted by molar-refractivity contribution is 0.412. The number of phenols is 1. The standard InChI is InChI=1S/C23H18N4O4S3/c1-31-15-8-11-19(28)17(12-15)21-25-26-22(27(21)14-6-4-3-5-7-14)33-23-24-18-10-9-16(34(2,29)30)13-20(18)32-23/h3-13,28H,1-2H3. The molecule has 0 amide bonds. The third kappa shape index (κ3) is 4.25. The number of ether oxygens (including phenoxy) is 1. The average Bonchev–Trinajstić information content (AvgIpc) is 3.42. The van der Waals surface area contributed by atoms with Crippen LogP contribution in [0, 0.1) is 0 Å². The van der Waals surface area contributed by atoms with Crippen molar-refractivity contribution in [3.05, 3.63) is 66.7 Å². The summed E-state index contributed by atoms with van der Waals surface area (Å²) in [5.74, 6) is 1.08. The van der Waals surface area contributed by atoms with E-state index >= 15 is 0 Å². The van der Waals surface area contributed by atoms with Crippen LogP contribution in [0.2, 0.25) is 0 Å². The van der Waals surface area contributed by atoms with Crippen LogP contribution in [-0.4, -0.2) is 46.6 Å². The Labute approximate surface area is 203 Å². The molecule has 0 radical (unpaired) electrons. The van der Waals surface area contributed by atoms with Gasteiger partial charge in [-0.25, -0.2) is 13.4 Å². The number of rotatable bonds is 6. The quantitative estimate of drug-likeness (QED) is 0.347. The fraction of sp³-hybridized carbons (Fsp3) is 0.0870. The van der Waals surface area contributed by atoms with E-state index in [4.69, 9.17) is 4.74 Å². The highest BCUT2D eigenvalue weighted by atomic mass is 32.2. The monoisotopic (exact) mass is 510 g/mol. The summed E-state index contributed by atoms with van der Waals surface area (Å²) in [6.07, 6.45) is 1.18. The van der Waals surface area contributed by atoms with Crippen LogP contribution >= 0.6 is 23.1 Å². The van der Waals surface area contributed by atoms with Gasteiger partial charge in [-0.05, 0) is 60.3 Å². The summed E-state index contributed by atoms with van der Waals surface area (Å²) in [6, 6.07) is 19.4. The second-order valence-electron chi connectivity index (χ2n) is 7.34. The Morgan fingerprint density at radius 2 is 1.82 bits per heavy atom. The van der Waals surface area contributed by atoms with Crippen LogP contribution in [0.5, 0.6) is 11.5 Å². The molecule has 0 saturated heterocycles. The summed E-state index contributed by atoms with van der Waals surface area (Å²) in [7, 11) is -1.75. The zero-order valence-electron chi connectivity index (χ0n) is 18.0. The highest BCUT2D eigenvalue weighted by Crippen LogP contribution is 2.39. The first-order chi connectivity index (χ1) is 16.3. The van der Waals surface area contributed by atoms with E-state index in [-0.39, 0.29) is 10.6 Å². The number of methoxy groups -OCH3 is 1. The molecule has 0 saturated carbocycles. The number of aromatic nitrogens is 4. The number of hydrogen-bond donors (Lipinski definition) is 1. The minimum Gasteiger partial charge on any atom is -0.507 e. The molecule has 5 aromatic rings. The van der Waals surface area contributed by atoms with E-state index in [0.717, 1.165) is 10.4 Å². The molecule has 8 nitrogen and oxygen atoms in total. The predicted molar refractivity (Wildman–Crippen MR) is 132 cm³/mol. The second kappa shape index (κ2) is 8.75. The van der Waals surface area contributed by atoms with Crippen molar-refractivity contribution < 1.29 is 18.3 Å². The predicted octanol–water partition coefficient (Wildman–Crippen LogP) is 4.81. The molecule has 0 unspecified atom stereocenters. The zero-order valence-corrected chi connectivity index (χ0v) is 20.5. The smallest absolute Gasteiger partial charge is 0.203 e. The summed E-state index contributed by atoms with van der Waals surface area (Å²) in [6.45, 7) is 0. The summed E-state index contributed by atoms with van der Waals surface area (Å²) in [5, 5.41) is 19.8. The number of thiazole rings is 1. The molecule has 0 aliphatic heterocycles. The van der Waals surface area contributed by atoms with Gasteiger partial charge in [0, 0.05) is 11.9 Å². The molecule has 2 aromatic heterocycles. The first-order valence-corrected chi connectivity index (χ1v) is 13.5. The lowest BCUT2D eigenvalue weighted by Crippen LogP contribution is -1.99.